The van der Waals surface area contributed by atoms with Crippen LogP contribution >= 0.6 is 22.9 Å². The lowest BCUT2D eigenvalue weighted by Gasteiger charge is -2.35. The Morgan fingerprint density at radius 2 is 2.00 bits per heavy atom. The van der Waals surface area contributed by atoms with Crippen LogP contribution in [-0.2, 0) is 0 Å². The molecule has 3 aliphatic heterocycles. The van der Waals surface area contributed by atoms with E-state index in [0.717, 1.165) is 29.9 Å². The largest absolute Gasteiger partial charge is 0.489 e. The lowest BCUT2D eigenvalue weighted by Crippen LogP contribution is -2.39. The molecule has 2 aromatic carbocycles. The van der Waals surface area contributed by atoms with Crippen LogP contribution in [0.3, 0.4) is 0 Å². The topological polar surface area (TPSA) is 139 Å². The van der Waals surface area contributed by atoms with Gasteiger partial charge in [-0.1, -0.05) is 23.7 Å². The minimum atomic E-state index is -0.816. The molecule has 260 valence electrons. The van der Waals surface area contributed by atoms with Gasteiger partial charge in [0.1, 0.15) is 46.8 Å². The van der Waals surface area contributed by atoms with Crippen molar-refractivity contribution < 1.29 is 22.6 Å². The quantitative estimate of drug-likeness (QED) is 0.193. The van der Waals surface area contributed by atoms with E-state index in [-0.39, 0.29) is 78.2 Å². The second-order valence-electron chi connectivity index (χ2n) is 12.7. The molecule has 4 atom stereocenters. The van der Waals surface area contributed by atoms with E-state index in [1.165, 1.54) is 32.1 Å². The number of rotatable bonds is 4. The molecule has 4 N–H and O–H groups in total. The number of hydrogen-bond donors (Lipinski definition) is 2. The zero-order chi connectivity index (χ0) is 35.4. The van der Waals surface area contributed by atoms with Gasteiger partial charge in [-0.3, -0.25) is 4.90 Å². The zero-order valence-corrected chi connectivity index (χ0v) is 29.1. The predicted molar refractivity (Wildman–Crippen MR) is 190 cm³/mol. The van der Waals surface area contributed by atoms with Crippen molar-refractivity contribution in [2.24, 2.45) is 0 Å². The molecule has 0 spiro atoms. The summed E-state index contributed by atoms with van der Waals surface area (Å²) in [4.78, 5) is 17.4. The summed E-state index contributed by atoms with van der Waals surface area (Å²) in [5, 5.41) is 10.2. The number of nitrogens with zero attached hydrogens (tertiary/aromatic N) is 6. The van der Waals surface area contributed by atoms with Crippen LogP contribution < -0.4 is 25.8 Å². The van der Waals surface area contributed by atoms with Gasteiger partial charge in [-0.05, 0) is 57.4 Å². The molecule has 8 rings (SSSR count). The summed E-state index contributed by atoms with van der Waals surface area (Å²) in [7, 11) is 1.38. The number of alkyl halides is 1. The second kappa shape index (κ2) is 13.3. The number of benzene rings is 2. The van der Waals surface area contributed by atoms with Crippen LogP contribution in [0.15, 0.2) is 30.5 Å². The first-order chi connectivity index (χ1) is 24.0. The minimum absolute atomic E-state index is 0.0329. The summed E-state index contributed by atoms with van der Waals surface area (Å²) in [6, 6.07) is 8.07. The monoisotopic (exact) mass is 722 g/mol. The number of hydrogen-bond acceptors (Lipinski definition) is 11. The van der Waals surface area contributed by atoms with E-state index in [0.29, 0.717) is 24.2 Å². The van der Waals surface area contributed by atoms with Gasteiger partial charge in [-0.15, -0.1) is 11.3 Å². The first-order valence-corrected chi connectivity index (χ1v) is 17.4. The van der Waals surface area contributed by atoms with Crippen molar-refractivity contribution in [3.63, 3.8) is 0 Å². The van der Waals surface area contributed by atoms with Gasteiger partial charge in [0.15, 0.2) is 11.6 Å². The molecule has 0 amide bonds. The Balaban J connectivity index is 0.000000375. The molecule has 0 aliphatic carbocycles. The number of pyridine rings is 1. The number of nitrogen functional groups attached to an aromatic ring is 2. The van der Waals surface area contributed by atoms with E-state index < -0.39 is 17.8 Å². The molecule has 2 fully saturated rings. The van der Waals surface area contributed by atoms with Gasteiger partial charge in [-0.2, -0.15) is 15.2 Å². The molecule has 10 nitrogen and oxygen atoms in total. The van der Waals surface area contributed by atoms with Crippen molar-refractivity contribution in [1.29, 1.82) is 5.26 Å². The van der Waals surface area contributed by atoms with E-state index in [4.69, 9.17) is 32.5 Å². The fourth-order valence-corrected chi connectivity index (χ4v) is 8.69. The van der Waals surface area contributed by atoms with E-state index in [2.05, 4.69) is 19.9 Å². The van der Waals surface area contributed by atoms with Gasteiger partial charge >= 0.3 is 6.01 Å². The molecule has 2 saturated heterocycles. The first kappa shape index (κ1) is 33.9. The van der Waals surface area contributed by atoms with Crippen molar-refractivity contribution >= 4 is 60.6 Å². The Kier molecular flexibility index (Phi) is 9.00. The lowest BCUT2D eigenvalue weighted by molar-refractivity contribution is 0.291. The van der Waals surface area contributed by atoms with E-state index in [1.807, 2.05) is 30.9 Å². The maximum atomic E-state index is 16.7. The molecule has 0 saturated carbocycles. The van der Waals surface area contributed by atoms with Crippen LogP contribution in [0.25, 0.3) is 32.1 Å². The van der Waals surface area contributed by atoms with Crippen molar-refractivity contribution in [3.05, 3.63) is 58.2 Å². The Hall–Kier alpha value is -4.58. The van der Waals surface area contributed by atoms with Crippen molar-refractivity contribution in [3.8, 4) is 29.0 Å². The van der Waals surface area contributed by atoms with Gasteiger partial charge < -0.3 is 25.8 Å². The molecule has 15 heteroatoms. The lowest BCUT2D eigenvalue weighted by atomic mass is 9.96. The minimum Gasteiger partial charge on any atom is -0.489 e. The number of aromatic nitrogens is 3. The van der Waals surface area contributed by atoms with Crippen molar-refractivity contribution in [2.45, 2.75) is 57.4 Å². The third-order valence-electron chi connectivity index (χ3n) is 9.71. The number of nitrogens with two attached hydrogens (primary N) is 2. The summed E-state index contributed by atoms with van der Waals surface area (Å²) >= 11 is 7.84. The van der Waals surface area contributed by atoms with E-state index in [1.54, 1.807) is 12.3 Å². The molecule has 6 heterocycles. The van der Waals surface area contributed by atoms with Gasteiger partial charge in [0.25, 0.3) is 0 Å². The zero-order valence-electron chi connectivity index (χ0n) is 27.5. The number of fused-ring (bicyclic) bond motifs is 2. The maximum Gasteiger partial charge on any atom is 0.318 e. The Labute approximate surface area is 295 Å². The normalized spacial score (nSPS) is 20.5. The fourth-order valence-electron chi connectivity index (χ4n) is 7.41. The second-order valence-corrected chi connectivity index (χ2v) is 14.1. The molecule has 3 unspecified atom stereocenters. The number of anilines is 3. The Bertz CT molecular complexity index is 2170. The average molecular weight is 723 g/mol. The van der Waals surface area contributed by atoms with Crippen LogP contribution in [-0.4, -0.2) is 64.9 Å². The molecule has 0 radical (unpaired) electrons. The third kappa shape index (κ3) is 5.57. The highest BCUT2D eigenvalue weighted by atomic mass is 35.5. The van der Waals surface area contributed by atoms with Gasteiger partial charge in [0.2, 0.25) is 0 Å². The highest BCUT2D eigenvalue weighted by Gasteiger charge is 2.37. The summed E-state index contributed by atoms with van der Waals surface area (Å²) in [5.74, 6) is -0.581. The summed E-state index contributed by atoms with van der Waals surface area (Å²) in [6.45, 7) is 5.87. The van der Waals surface area contributed by atoms with Crippen LogP contribution in [0.2, 0.25) is 5.02 Å². The van der Waals surface area contributed by atoms with E-state index in [9.17, 15) is 14.0 Å². The van der Waals surface area contributed by atoms with Crippen LogP contribution in [0.1, 0.15) is 50.3 Å². The predicted octanol–water partition coefficient (Wildman–Crippen LogP) is 7.42. The summed E-state index contributed by atoms with van der Waals surface area (Å²) in [6.07, 6.45) is 4.41. The molecule has 50 heavy (non-hydrogen) atoms. The van der Waals surface area contributed by atoms with Gasteiger partial charge in [0.05, 0.1) is 39.9 Å². The smallest absolute Gasteiger partial charge is 0.318 e. The van der Waals surface area contributed by atoms with Gasteiger partial charge in [0, 0.05) is 35.3 Å². The van der Waals surface area contributed by atoms with E-state index >= 15 is 4.39 Å². The molecule has 5 aromatic rings. The number of thiophene rings is 1. The number of halogens is 4. The van der Waals surface area contributed by atoms with Crippen molar-refractivity contribution in [2.75, 3.05) is 43.2 Å². The van der Waals surface area contributed by atoms with Crippen molar-refractivity contribution in [1.82, 2.24) is 19.9 Å². The molecule has 3 aromatic heterocycles. The van der Waals surface area contributed by atoms with Crippen LogP contribution in [0, 0.1) is 23.0 Å². The molecular formula is C35H34ClF3N8O2S. The number of methoxy groups -OCH3 is 1. The summed E-state index contributed by atoms with van der Waals surface area (Å²) < 4.78 is 55.9. The average Bonchev–Trinajstić information content (AvgIpc) is 3.76. The molecular weight excluding hydrogens is 689 g/mol. The fraction of sp³-hybridized carbons (Fsp3) is 0.371. The standard InChI is InChI=1S/C28H22ClF2N7O2S.C7H12FN/c1-11-10-40-23-19-22(36-28(39-3)37-27(19)38(11)12(2)13-5-4-8-35-25(13)33)21(31)18(20(23)29)14-6-7-16(30)24-17(14)15(9-32)26(34)41-24;8-6-4-7-2-1-3-9(7)5-6/h4-8,11-12H,10,34H2,1-3H3,(H2,33,35);6-7H,1-5H2/t11-,12?;/m0./s1. The summed E-state index contributed by atoms with van der Waals surface area (Å²) in [5.41, 5.74) is 13.0. The highest BCUT2D eigenvalue weighted by molar-refractivity contribution is 7.23. The van der Waals surface area contributed by atoms with Crippen LogP contribution in [0.5, 0.6) is 11.8 Å². The maximum absolute atomic E-state index is 16.7. The first-order valence-electron chi connectivity index (χ1n) is 16.2. The number of ether oxygens (including phenoxy) is 2. The SMILES string of the molecule is COc1nc2c3c(c(Cl)c(-c4ccc(F)c5sc(N)c(C#N)c45)c(F)c3n1)OC[C@H](C)N2C(C)c1cccnc1N.FC1CC2CCCN2C1. The van der Waals surface area contributed by atoms with Gasteiger partial charge in [-0.25, -0.2) is 18.2 Å². The molecule has 0 bridgehead atoms. The number of nitriles is 1. The Morgan fingerprint density at radius 3 is 2.72 bits per heavy atom. The molecule has 3 aliphatic rings. The highest BCUT2D eigenvalue weighted by Crippen LogP contribution is 2.51. The third-order valence-corrected chi connectivity index (χ3v) is 11.1. The van der Waals surface area contributed by atoms with Crippen LogP contribution in [0.4, 0.5) is 29.8 Å². The Morgan fingerprint density at radius 1 is 1.20 bits per heavy atom.